The zero-order valence-corrected chi connectivity index (χ0v) is 14.6. The summed E-state index contributed by atoms with van der Waals surface area (Å²) in [6.07, 6.45) is 7.26. The first-order valence-electron chi connectivity index (χ1n) is 8.26. The van der Waals surface area contributed by atoms with Gasteiger partial charge >= 0.3 is 0 Å². The highest BCUT2D eigenvalue weighted by Gasteiger charge is 2.19. The molecule has 0 unspecified atom stereocenters. The van der Waals surface area contributed by atoms with Crippen molar-refractivity contribution in [3.8, 4) is 11.5 Å². The van der Waals surface area contributed by atoms with Crippen LogP contribution in [0.2, 0.25) is 0 Å². The van der Waals surface area contributed by atoms with E-state index in [1.165, 1.54) is 37.0 Å². The van der Waals surface area contributed by atoms with Gasteiger partial charge in [-0.1, -0.05) is 24.4 Å². The second-order valence-electron chi connectivity index (χ2n) is 6.28. The van der Waals surface area contributed by atoms with E-state index in [1.54, 1.807) is 30.2 Å². The van der Waals surface area contributed by atoms with Gasteiger partial charge in [-0.05, 0) is 24.8 Å². The van der Waals surface area contributed by atoms with Gasteiger partial charge < -0.3 is 9.42 Å². The molecule has 1 aliphatic rings. The zero-order chi connectivity index (χ0) is 16.2. The molecule has 0 N–H and O–H groups in total. The zero-order valence-electron chi connectivity index (χ0n) is 13.7. The van der Waals surface area contributed by atoms with Crippen molar-refractivity contribution in [2.45, 2.75) is 51.4 Å². The molecule has 23 heavy (non-hydrogen) atoms. The maximum Gasteiger partial charge on any atom is 0.258 e. The minimum atomic E-state index is 0.0451. The largest absolute Gasteiger partial charge is 0.346 e. The van der Waals surface area contributed by atoms with Crippen LogP contribution in [0.25, 0.3) is 11.5 Å². The van der Waals surface area contributed by atoms with Crippen LogP contribution >= 0.6 is 11.3 Å². The number of aromatic nitrogens is 2. The lowest BCUT2D eigenvalue weighted by Gasteiger charge is -2.19. The first-order chi connectivity index (χ1) is 11.1. The second kappa shape index (κ2) is 7.25. The van der Waals surface area contributed by atoms with Gasteiger partial charge in [0.05, 0.1) is 5.56 Å². The number of carbonyl (C=O) groups is 1. The molecule has 0 aliphatic heterocycles. The lowest BCUT2D eigenvalue weighted by Crippen LogP contribution is -2.26. The van der Waals surface area contributed by atoms with Crippen LogP contribution in [0.4, 0.5) is 0 Å². The predicted octanol–water partition coefficient (Wildman–Crippen LogP) is 3.87. The minimum absolute atomic E-state index is 0.0451. The molecule has 0 radical (unpaired) electrons. The topological polar surface area (TPSA) is 59.2 Å². The van der Waals surface area contributed by atoms with Crippen LogP contribution in [0, 0.1) is 0 Å². The smallest absolute Gasteiger partial charge is 0.258 e. The SMILES string of the molecule is CC(=O)N(C)CCc1noc(-c2csc(C3CCCCC3)c2)n1. The second-order valence-corrected chi connectivity index (χ2v) is 7.22. The Labute approximate surface area is 140 Å². The highest BCUT2D eigenvalue weighted by molar-refractivity contribution is 7.10. The molecule has 0 saturated heterocycles. The molecule has 2 aromatic rings. The average molecular weight is 333 g/mol. The molecule has 3 rings (SSSR count). The van der Waals surface area contributed by atoms with Crippen molar-refractivity contribution in [2.24, 2.45) is 0 Å². The molecule has 0 aromatic carbocycles. The van der Waals surface area contributed by atoms with E-state index in [9.17, 15) is 4.79 Å². The Morgan fingerprint density at radius 3 is 2.91 bits per heavy atom. The van der Waals surface area contributed by atoms with E-state index in [1.807, 2.05) is 0 Å². The number of amides is 1. The van der Waals surface area contributed by atoms with Gasteiger partial charge in [0.1, 0.15) is 0 Å². The fourth-order valence-electron chi connectivity index (χ4n) is 2.96. The Hall–Kier alpha value is -1.69. The van der Waals surface area contributed by atoms with Gasteiger partial charge in [0.25, 0.3) is 5.89 Å². The van der Waals surface area contributed by atoms with E-state index in [0.29, 0.717) is 30.6 Å². The van der Waals surface area contributed by atoms with Crippen LogP contribution in [0.15, 0.2) is 16.0 Å². The van der Waals surface area contributed by atoms with E-state index >= 15 is 0 Å². The molecule has 0 spiro atoms. The van der Waals surface area contributed by atoms with E-state index < -0.39 is 0 Å². The summed E-state index contributed by atoms with van der Waals surface area (Å²) in [4.78, 5) is 18.8. The molecule has 0 atom stereocenters. The van der Waals surface area contributed by atoms with Gasteiger partial charge in [-0.3, -0.25) is 4.79 Å². The summed E-state index contributed by atoms with van der Waals surface area (Å²) in [7, 11) is 1.78. The highest BCUT2D eigenvalue weighted by Crippen LogP contribution is 2.37. The number of likely N-dealkylation sites (N-methyl/N-ethyl adjacent to an activating group) is 1. The monoisotopic (exact) mass is 333 g/mol. The number of thiophene rings is 1. The number of rotatable bonds is 5. The number of nitrogens with zero attached hydrogens (tertiary/aromatic N) is 3. The molecule has 124 valence electrons. The first-order valence-corrected chi connectivity index (χ1v) is 9.14. The van der Waals surface area contributed by atoms with Gasteiger partial charge in [-0.15, -0.1) is 11.3 Å². The highest BCUT2D eigenvalue weighted by atomic mass is 32.1. The van der Waals surface area contributed by atoms with Crippen LogP contribution < -0.4 is 0 Å². The van der Waals surface area contributed by atoms with Crippen molar-refractivity contribution in [3.63, 3.8) is 0 Å². The standard InChI is InChI=1S/C17H23N3O2S/c1-12(21)20(2)9-8-16-18-17(22-19-16)14-10-15(23-11-14)13-6-4-3-5-7-13/h10-11,13H,3-9H2,1-2H3. The fourth-order valence-corrected chi connectivity index (χ4v) is 4.02. The fraction of sp³-hybridized carbons (Fsp3) is 0.588. The van der Waals surface area contributed by atoms with E-state index in [2.05, 4.69) is 21.6 Å². The Kier molecular flexibility index (Phi) is 5.10. The van der Waals surface area contributed by atoms with Crippen LogP contribution in [0.1, 0.15) is 55.6 Å². The summed E-state index contributed by atoms with van der Waals surface area (Å²) < 4.78 is 5.39. The van der Waals surface area contributed by atoms with Crippen molar-refractivity contribution in [1.29, 1.82) is 0 Å². The maximum atomic E-state index is 11.2. The van der Waals surface area contributed by atoms with Gasteiger partial charge in [0, 0.05) is 37.2 Å². The van der Waals surface area contributed by atoms with Crippen LogP contribution in [0.5, 0.6) is 0 Å². The summed E-state index contributed by atoms with van der Waals surface area (Å²) in [5.74, 6) is 1.99. The van der Waals surface area contributed by atoms with Gasteiger partial charge in [0.2, 0.25) is 5.91 Å². The Bertz CT molecular complexity index is 658. The summed E-state index contributed by atoms with van der Waals surface area (Å²) in [5.41, 5.74) is 1.02. The van der Waals surface area contributed by atoms with Crippen LogP contribution in [0.3, 0.4) is 0 Å². The van der Waals surface area contributed by atoms with E-state index in [4.69, 9.17) is 4.52 Å². The molecular weight excluding hydrogens is 310 g/mol. The molecule has 0 bridgehead atoms. The Morgan fingerprint density at radius 1 is 1.39 bits per heavy atom. The summed E-state index contributed by atoms with van der Waals surface area (Å²) in [6, 6.07) is 2.21. The van der Waals surface area contributed by atoms with Crippen LogP contribution in [-0.2, 0) is 11.2 Å². The Morgan fingerprint density at radius 2 is 2.17 bits per heavy atom. The van der Waals surface area contributed by atoms with E-state index in [0.717, 1.165) is 5.56 Å². The number of hydrogen-bond acceptors (Lipinski definition) is 5. The van der Waals surface area contributed by atoms with Crippen molar-refractivity contribution < 1.29 is 9.32 Å². The van der Waals surface area contributed by atoms with Crippen molar-refractivity contribution in [2.75, 3.05) is 13.6 Å². The predicted molar refractivity (Wildman–Crippen MR) is 90.5 cm³/mol. The normalized spacial score (nSPS) is 15.7. The molecule has 1 amide bonds. The van der Waals surface area contributed by atoms with Gasteiger partial charge in [0.15, 0.2) is 5.82 Å². The summed E-state index contributed by atoms with van der Waals surface area (Å²) >= 11 is 1.80. The first kappa shape index (κ1) is 16.2. The van der Waals surface area contributed by atoms with Crippen LogP contribution in [-0.4, -0.2) is 34.5 Å². The number of carbonyl (C=O) groups excluding carboxylic acids is 1. The van der Waals surface area contributed by atoms with E-state index in [-0.39, 0.29) is 5.91 Å². The van der Waals surface area contributed by atoms with Gasteiger partial charge in [-0.25, -0.2) is 0 Å². The molecule has 2 heterocycles. The number of hydrogen-bond donors (Lipinski definition) is 0. The molecule has 1 saturated carbocycles. The van der Waals surface area contributed by atoms with Crippen molar-refractivity contribution in [3.05, 3.63) is 22.1 Å². The lowest BCUT2D eigenvalue weighted by molar-refractivity contribution is -0.127. The molecular formula is C17H23N3O2S. The molecule has 1 fully saturated rings. The third kappa shape index (κ3) is 3.99. The third-order valence-electron chi connectivity index (χ3n) is 4.55. The molecule has 5 nitrogen and oxygen atoms in total. The summed E-state index contributed by atoms with van der Waals surface area (Å²) in [5, 5.41) is 6.14. The van der Waals surface area contributed by atoms with Gasteiger partial charge in [-0.2, -0.15) is 4.98 Å². The molecule has 1 aliphatic carbocycles. The van der Waals surface area contributed by atoms with Crippen molar-refractivity contribution >= 4 is 17.2 Å². The average Bonchev–Trinajstić information content (AvgIpc) is 3.22. The molecule has 6 heteroatoms. The van der Waals surface area contributed by atoms with Crippen molar-refractivity contribution in [1.82, 2.24) is 15.0 Å². The summed E-state index contributed by atoms with van der Waals surface area (Å²) in [6.45, 7) is 2.16. The lowest BCUT2D eigenvalue weighted by atomic mass is 9.88. The maximum absolute atomic E-state index is 11.2. The minimum Gasteiger partial charge on any atom is -0.346 e. The third-order valence-corrected chi connectivity index (χ3v) is 5.65. The Balaban J connectivity index is 1.63. The molecule has 2 aromatic heterocycles. The quantitative estimate of drug-likeness (QED) is 0.833.